The average molecular weight is 220 g/mol. The molecule has 0 aliphatic rings. The second-order valence-electron chi connectivity index (χ2n) is 3.11. The number of rotatable bonds is 3. The predicted molar refractivity (Wildman–Crippen MR) is 54.0 cm³/mol. The Labute approximate surface area is 90.7 Å². The van der Waals surface area contributed by atoms with Crippen molar-refractivity contribution in [2.45, 2.75) is 6.54 Å². The van der Waals surface area contributed by atoms with Gasteiger partial charge in [0.05, 0.1) is 12.2 Å². The van der Waals surface area contributed by atoms with Crippen LogP contribution in [0.25, 0.3) is 0 Å². The molecule has 2 heterocycles. The molecule has 0 saturated carbocycles. The van der Waals surface area contributed by atoms with Gasteiger partial charge in [-0.25, -0.2) is 4.98 Å². The third-order valence-corrected chi connectivity index (χ3v) is 1.95. The van der Waals surface area contributed by atoms with Gasteiger partial charge in [-0.05, 0) is 18.2 Å². The largest absolute Gasteiger partial charge is 0.345 e. The number of hydrogen-bond donors (Lipinski definition) is 2. The van der Waals surface area contributed by atoms with Gasteiger partial charge in [-0.15, -0.1) is 0 Å². The van der Waals surface area contributed by atoms with E-state index in [0.717, 1.165) is 5.69 Å². The highest BCUT2D eigenvalue weighted by molar-refractivity contribution is 5.92. The van der Waals surface area contributed by atoms with Crippen LogP contribution in [0.3, 0.4) is 0 Å². The number of hydrogen-bond acceptors (Lipinski definition) is 3. The highest BCUT2D eigenvalue weighted by atomic mass is 19.1. The molecule has 0 radical (unpaired) electrons. The summed E-state index contributed by atoms with van der Waals surface area (Å²) in [7, 11) is 0. The van der Waals surface area contributed by atoms with E-state index in [1.807, 2.05) is 0 Å². The van der Waals surface area contributed by atoms with E-state index in [1.54, 1.807) is 12.3 Å². The zero-order valence-corrected chi connectivity index (χ0v) is 8.27. The maximum atomic E-state index is 12.7. The maximum absolute atomic E-state index is 12.7. The lowest BCUT2D eigenvalue weighted by Crippen LogP contribution is -2.24. The second-order valence-corrected chi connectivity index (χ2v) is 3.11. The smallest absolute Gasteiger partial charge is 0.270 e. The number of H-pyrrole nitrogens is 1. The van der Waals surface area contributed by atoms with E-state index in [0.29, 0.717) is 6.54 Å². The van der Waals surface area contributed by atoms with Gasteiger partial charge in [0.2, 0.25) is 5.95 Å². The fourth-order valence-electron chi connectivity index (χ4n) is 1.18. The molecular formula is C10H9FN4O. The van der Waals surface area contributed by atoms with Crippen molar-refractivity contribution in [2.24, 2.45) is 0 Å². The standard InChI is InChI=1S/C10H9FN4O/c11-9-3-1-2-8(14-9)10(16)12-6-7-4-5-13-15-7/h1-5H,6H2,(H,12,16)(H,13,15). The molecule has 0 atom stereocenters. The van der Waals surface area contributed by atoms with Crippen LogP contribution >= 0.6 is 0 Å². The van der Waals surface area contributed by atoms with Gasteiger partial charge in [0.1, 0.15) is 5.69 Å². The van der Waals surface area contributed by atoms with Crippen LogP contribution in [0.5, 0.6) is 0 Å². The van der Waals surface area contributed by atoms with Gasteiger partial charge < -0.3 is 5.32 Å². The van der Waals surface area contributed by atoms with E-state index in [4.69, 9.17) is 0 Å². The molecule has 0 spiro atoms. The number of aromatic amines is 1. The Morgan fingerprint density at radius 2 is 2.31 bits per heavy atom. The molecule has 0 fully saturated rings. The van der Waals surface area contributed by atoms with Crippen molar-refractivity contribution in [3.63, 3.8) is 0 Å². The van der Waals surface area contributed by atoms with Gasteiger partial charge in [0, 0.05) is 6.20 Å². The van der Waals surface area contributed by atoms with Crippen molar-refractivity contribution in [1.29, 1.82) is 0 Å². The number of carbonyl (C=O) groups excluding carboxylic acids is 1. The van der Waals surface area contributed by atoms with E-state index < -0.39 is 11.9 Å². The molecule has 0 aromatic carbocycles. The molecule has 0 saturated heterocycles. The van der Waals surface area contributed by atoms with Gasteiger partial charge in [-0.1, -0.05) is 6.07 Å². The van der Waals surface area contributed by atoms with Crippen LogP contribution < -0.4 is 5.32 Å². The summed E-state index contributed by atoms with van der Waals surface area (Å²) < 4.78 is 12.7. The van der Waals surface area contributed by atoms with Gasteiger partial charge in [0.15, 0.2) is 0 Å². The third-order valence-electron chi connectivity index (χ3n) is 1.95. The van der Waals surface area contributed by atoms with Crippen LogP contribution in [0.15, 0.2) is 30.5 Å². The summed E-state index contributed by atoms with van der Waals surface area (Å²) in [4.78, 5) is 15.0. The lowest BCUT2D eigenvalue weighted by Gasteiger charge is -2.02. The van der Waals surface area contributed by atoms with Crippen molar-refractivity contribution < 1.29 is 9.18 Å². The molecule has 6 heteroatoms. The Kier molecular flexibility index (Phi) is 2.90. The molecule has 0 unspecified atom stereocenters. The lowest BCUT2D eigenvalue weighted by atomic mass is 10.3. The summed E-state index contributed by atoms with van der Waals surface area (Å²) in [6.45, 7) is 0.303. The molecule has 2 N–H and O–H groups in total. The number of nitrogens with one attached hydrogen (secondary N) is 2. The van der Waals surface area contributed by atoms with Crippen molar-refractivity contribution in [3.05, 3.63) is 47.8 Å². The fourth-order valence-corrected chi connectivity index (χ4v) is 1.18. The van der Waals surface area contributed by atoms with Crippen molar-refractivity contribution >= 4 is 5.91 Å². The summed E-state index contributed by atoms with van der Waals surface area (Å²) >= 11 is 0. The predicted octanol–water partition coefficient (Wildman–Crippen LogP) is 0.874. The highest BCUT2D eigenvalue weighted by Gasteiger charge is 2.07. The monoisotopic (exact) mass is 220 g/mol. The summed E-state index contributed by atoms with van der Waals surface area (Å²) in [6, 6.07) is 5.81. The van der Waals surface area contributed by atoms with E-state index in [1.165, 1.54) is 18.2 Å². The second kappa shape index (κ2) is 4.52. The summed E-state index contributed by atoms with van der Waals surface area (Å²) in [5, 5.41) is 9.02. The van der Waals surface area contributed by atoms with Crippen molar-refractivity contribution in [3.8, 4) is 0 Å². The van der Waals surface area contributed by atoms with E-state index in [2.05, 4.69) is 20.5 Å². The van der Waals surface area contributed by atoms with Crippen LogP contribution in [0.4, 0.5) is 4.39 Å². The SMILES string of the molecule is O=C(NCc1ccn[nH]1)c1cccc(F)n1. The fraction of sp³-hybridized carbons (Fsp3) is 0.100. The normalized spacial score (nSPS) is 10.1. The van der Waals surface area contributed by atoms with Crippen LogP contribution in [0, 0.1) is 5.95 Å². The lowest BCUT2D eigenvalue weighted by molar-refractivity contribution is 0.0944. The van der Waals surface area contributed by atoms with Gasteiger partial charge in [-0.2, -0.15) is 9.49 Å². The molecule has 0 bridgehead atoms. The maximum Gasteiger partial charge on any atom is 0.270 e. The van der Waals surface area contributed by atoms with Crippen LogP contribution in [0.1, 0.15) is 16.2 Å². The zero-order valence-electron chi connectivity index (χ0n) is 8.27. The summed E-state index contributed by atoms with van der Waals surface area (Å²) in [5.41, 5.74) is 0.823. The van der Waals surface area contributed by atoms with E-state index >= 15 is 0 Å². The average Bonchev–Trinajstić information content (AvgIpc) is 2.78. The molecule has 5 nitrogen and oxygen atoms in total. The first-order valence-corrected chi connectivity index (χ1v) is 4.65. The van der Waals surface area contributed by atoms with E-state index in [-0.39, 0.29) is 5.69 Å². The topological polar surface area (TPSA) is 70.7 Å². The number of halogens is 1. The molecule has 82 valence electrons. The Morgan fingerprint density at radius 1 is 1.44 bits per heavy atom. The summed E-state index contributed by atoms with van der Waals surface area (Å²) in [5.74, 6) is -1.09. The number of nitrogens with zero attached hydrogens (tertiary/aromatic N) is 2. The first-order chi connectivity index (χ1) is 7.75. The van der Waals surface area contributed by atoms with Gasteiger partial charge >= 0.3 is 0 Å². The molecule has 16 heavy (non-hydrogen) atoms. The quantitative estimate of drug-likeness (QED) is 0.754. The number of pyridine rings is 1. The van der Waals surface area contributed by atoms with Crippen LogP contribution in [0.2, 0.25) is 0 Å². The van der Waals surface area contributed by atoms with Crippen LogP contribution in [-0.4, -0.2) is 21.1 Å². The van der Waals surface area contributed by atoms with Crippen molar-refractivity contribution in [2.75, 3.05) is 0 Å². The molecule has 2 rings (SSSR count). The molecule has 0 aliphatic carbocycles. The first-order valence-electron chi connectivity index (χ1n) is 4.65. The molecule has 0 aliphatic heterocycles. The molecular weight excluding hydrogens is 211 g/mol. The van der Waals surface area contributed by atoms with Gasteiger partial charge in [0.25, 0.3) is 5.91 Å². The minimum Gasteiger partial charge on any atom is -0.345 e. The first kappa shape index (κ1) is 10.3. The van der Waals surface area contributed by atoms with Crippen LogP contribution in [-0.2, 0) is 6.54 Å². The Bertz CT molecular complexity index is 483. The molecule has 1 amide bonds. The number of carbonyl (C=O) groups is 1. The summed E-state index contributed by atoms with van der Waals surface area (Å²) in [6.07, 6.45) is 1.59. The zero-order chi connectivity index (χ0) is 11.4. The molecule has 2 aromatic rings. The Balaban J connectivity index is 1.98. The van der Waals surface area contributed by atoms with E-state index in [9.17, 15) is 9.18 Å². The number of aromatic nitrogens is 3. The highest BCUT2D eigenvalue weighted by Crippen LogP contribution is 1.98. The number of amides is 1. The minimum atomic E-state index is -0.672. The van der Waals surface area contributed by atoms with Gasteiger partial charge in [-0.3, -0.25) is 9.89 Å². The molecule has 2 aromatic heterocycles. The third kappa shape index (κ3) is 2.41. The Morgan fingerprint density at radius 3 is 3.00 bits per heavy atom. The minimum absolute atomic E-state index is 0.0551. The van der Waals surface area contributed by atoms with Crippen molar-refractivity contribution in [1.82, 2.24) is 20.5 Å². The Hall–Kier alpha value is -2.24.